The van der Waals surface area contributed by atoms with Crippen LogP contribution in [0.3, 0.4) is 0 Å². The molecule has 1 aromatic carbocycles. The molecule has 1 atom stereocenters. The largest absolute Gasteiger partial charge is 0.495 e. The Morgan fingerprint density at radius 3 is 2.50 bits per heavy atom. The number of methoxy groups -OCH3 is 1. The number of para-hydroxylation sites is 2. The smallest absolute Gasteiger partial charge is 0.141 e. The summed E-state index contributed by atoms with van der Waals surface area (Å²) < 4.78 is 5.27. The Labute approximate surface area is 97.4 Å². The average molecular weight is 223 g/mol. The first kappa shape index (κ1) is 12.8. The highest BCUT2D eigenvalue weighted by atomic mass is 16.5. The first-order valence-electron chi connectivity index (χ1n) is 5.55. The van der Waals surface area contributed by atoms with Gasteiger partial charge < -0.3 is 15.2 Å². The number of hydrogen-bond donors (Lipinski definition) is 2. The second-order valence-corrected chi connectivity index (χ2v) is 4.56. The number of hydrogen-bond acceptors (Lipinski definition) is 3. The molecule has 0 aliphatic heterocycles. The molecule has 1 unspecified atom stereocenters. The fourth-order valence-corrected chi connectivity index (χ4v) is 1.42. The van der Waals surface area contributed by atoms with Crippen molar-refractivity contribution in [2.24, 2.45) is 5.92 Å². The van der Waals surface area contributed by atoms with Crippen LogP contribution in [-0.2, 0) is 0 Å². The van der Waals surface area contributed by atoms with E-state index in [1.807, 2.05) is 31.2 Å². The van der Waals surface area contributed by atoms with E-state index < -0.39 is 0 Å². The maximum atomic E-state index is 9.48. The van der Waals surface area contributed by atoms with E-state index >= 15 is 0 Å². The maximum absolute atomic E-state index is 9.48. The zero-order valence-electron chi connectivity index (χ0n) is 10.4. The lowest BCUT2D eigenvalue weighted by atomic mass is 9.89. The number of nitrogens with one attached hydrogen (secondary N) is 1. The molecule has 0 radical (unpaired) electrons. The van der Waals surface area contributed by atoms with Crippen LogP contribution in [0.15, 0.2) is 24.3 Å². The fourth-order valence-electron chi connectivity index (χ4n) is 1.42. The summed E-state index contributed by atoms with van der Waals surface area (Å²) in [5.41, 5.74) is 0.574. The van der Waals surface area contributed by atoms with Gasteiger partial charge >= 0.3 is 0 Å². The third-order valence-electron chi connectivity index (χ3n) is 3.13. The standard InChI is InChI=1S/C13H21NO2/c1-10(2)13(3,9-15)14-11-7-5-6-8-12(11)16-4/h5-8,10,14-15H,9H2,1-4H3. The highest BCUT2D eigenvalue weighted by Gasteiger charge is 2.27. The highest BCUT2D eigenvalue weighted by Crippen LogP contribution is 2.29. The van der Waals surface area contributed by atoms with Crippen molar-refractivity contribution >= 4 is 5.69 Å². The zero-order chi connectivity index (χ0) is 12.2. The third kappa shape index (κ3) is 2.67. The molecule has 0 saturated heterocycles. The molecule has 1 aromatic rings. The first-order valence-corrected chi connectivity index (χ1v) is 5.55. The van der Waals surface area contributed by atoms with Crippen molar-refractivity contribution in [1.82, 2.24) is 0 Å². The number of aliphatic hydroxyl groups excluding tert-OH is 1. The van der Waals surface area contributed by atoms with Gasteiger partial charge in [-0.25, -0.2) is 0 Å². The Morgan fingerprint density at radius 1 is 1.38 bits per heavy atom. The Morgan fingerprint density at radius 2 is 2.00 bits per heavy atom. The van der Waals surface area contributed by atoms with Crippen LogP contribution in [0.2, 0.25) is 0 Å². The summed E-state index contributed by atoms with van der Waals surface area (Å²) in [5.74, 6) is 1.12. The van der Waals surface area contributed by atoms with Gasteiger partial charge in [-0.05, 0) is 25.0 Å². The summed E-state index contributed by atoms with van der Waals surface area (Å²) in [5, 5.41) is 12.8. The molecule has 3 nitrogen and oxygen atoms in total. The predicted molar refractivity (Wildman–Crippen MR) is 66.9 cm³/mol. The quantitative estimate of drug-likeness (QED) is 0.806. The third-order valence-corrected chi connectivity index (χ3v) is 3.13. The lowest BCUT2D eigenvalue weighted by Crippen LogP contribution is -2.44. The van der Waals surface area contributed by atoms with E-state index in [9.17, 15) is 5.11 Å². The van der Waals surface area contributed by atoms with E-state index in [0.717, 1.165) is 11.4 Å². The van der Waals surface area contributed by atoms with Gasteiger partial charge in [-0.2, -0.15) is 0 Å². The Hall–Kier alpha value is -1.22. The molecule has 0 amide bonds. The van der Waals surface area contributed by atoms with Crippen LogP contribution in [0.4, 0.5) is 5.69 Å². The Kier molecular flexibility index (Phi) is 4.19. The molecule has 0 heterocycles. The molecule has 0 aliphatic carbocycles. The number of anilines is 1. The fraction of sp³-hybridized carbons (Fsp3) is 0.538. The average Bonchev–Trinajstić information content (AvgIpc) is 2.29. The molecule has 2 N–H and O–H groups in total. The molecule has 0 spiro atoms. The molecule has 0 aromatic heterocycles. The lowest BCUT2D eigenvalue weighted by molar-refractivity contribution is 0.185. The topological polar surface area (TPSA) is 41.5 Å². The molecule has 0 fully saturated rings. The van der Waals surface area contributed by atoms with Gasteiger partial charge in [-0.3, -0.25) is 0 Å². The molecule has 0 bridgehead atoms. The van der Waals surface area contributed by atoms with E-state index in [2.05, 4.69) is 19.2 Å². The second-order valence-electron chi connectivity index (χ2n) is 4.56. The normalized spacial score (nSPS) is 14.6. The van der Waals surface area contributed by atoms with Gasteiger partial charge in [0.05, 0.1) is 24.9 Å². The van der Waals surface area contributed by atoms with E-state index in [-0.39, 0.29) is 12.1 Å². The predicted octanol–water partition coefficient (Wildman–Crippen LogP) is 2.51. The van der Waals surface area contributed by atoms with Crippen molar-refractivity contribution in [2.75, 3.05) is 19.0 Å². The van der Waals surface area contributed by atoms with Crippen molar-refractivity contribution in [1.29, 1.82) is 0 Å². The first-order chi connectivity index (χ1) is 7.53. The summed E-state index contributed by atoms with van der Waals surface area (Å²) in [7, 11) is 1.65. The summed E-state index contributed by atoms with van der Waals surface area (Å²) in [6.45, 7) is 6.25. The number of benzene rings is 1. The monoisotopic (exact) mass is 223 g/mol. The Balaban J connectivity index is 2.94. The van der Waals surface area contributed by atoms with E-state index in [4.69, 9.17) is 4.74 Å². The van der Waals surface area contributed by atoms with Gasteiger partial charge in [0.1, 0.15) is 5.75 Å². The summed E-state index contributed by atoms with van der Waals surface area (Å²) in [6, 6.07) is 7.73. The summed E-state index contributed by atoms with van der Waals surface area (Å²) in [6.07, 6.45) is 0. The zero-order valence-corrected chi connectivity index (χ0v) is 10.4. The van der Waals surface area contributed by atoms with E-state index in [0.29, 0.717) is 5.92 Å². The van der Waals surface area contributed by atoms with Crippen LogP contribution >= 0.6 is 0 Å². The molecule has 16 heavy (non-hydrogen) atoms. The number of rotatable bonds is 5. The molecule has 0 saturated carbocycles. The molecule has 3 heteroatoms. The lowest BCUT2D eigenvalue weighted by Gasteiger charge is -2.34. The van der Waals surface area contributed by atoms with Crippen molar-refractivity contribution in [2.45, 2.75) is 26.3 Å². The van der Waals surface area contributed by atoms with Gasteiger partial charge in [0.2, 0.25) is 0 Å². The van der Waals surface area contributed by atoms with Crippen molar-refractivity contribution in [3.8, 4) is 5.75 Å². The highest BCUT2D eigenvalue weighted by molar-refractivity contribution is 5.57. The minimum atomic E-state index is -0.339. The minimum absolute atomic E-state index is 0.0860. The van der Waals surface area contributed by atoms with Crippen LogP contribution in [0.5, 0.6) is 5.75 Å². The molecule has 90 valence electrons. The summed E-state index contributed by atoms with van der Waals surface area (Å²) >= 11 is 0. The van der Waals surface area contributed by atoms with Crippen LogP contribution in [0, 0.1) is 5.92 Å². The molecule has 0 aliphatic rings. The SMILES string of the molecule is COc1ccccc1NC(C)(CO)C(C)C. The maximum Gasteiger partial charge on any atom is 0.141 e. The van der Waals surface area contributed by atoms with Crippen molar-refractivity contribution in [3.05, 3.63) is 24.3 Å². The number of ether oxygens (including phenoxy) is 1. The van der Waals surface area contributed by atoms with Gasteiger partial charge in [0.25, 0.3) is 0 Å². The van der Waals surface area contributed by atoms with E-state index in [1.165, 1.54) is 0 Å². The summed E-state index contributed by atoms with van der Waals surface area (Å²) in [4.78, 5) is 0. The molecular weight excluding hydrogens is 202 g/mol. The second kappa shape index (κ2) is 5.21. The molecular formula is C13H21NO2. The van der Waals surface area contributed by atoms with Gasteiger partial charge in [0, 0.05) is 0 Å². The van der Waals surface area contributed by atoms with Crippen LogP contribution in [0.25, 0.3) is 0 Å². The minimum Gasteiger partial charge on any atom is -0.495 e. The number of aliphatic hydroxyl groups is 1. The van der Waals surface area contributed by atoms with Gasteiger partial charge in [-0.1, -0.05) is 26.0 Å². The van der Waals surface area contributed by atoms with Crippen LogP contribution in [0.1, 0.15) is 20.8 Å². The van der Waals surface area contributed by atoms with E-state index in [1.54, 1.807) is 7.11 Å². The Bertz CT molecular complexity index is 338. The van der Waals surface area contributed by atoms with Crippen molar-refractivity contribution < 1.29 is 9.84 Å². The molecule has 1 rings (SSSR count). The van der Waals surface area contributed by atoms with Crippen LogP contribution in [-0.4, -0.2) is 24.4 Å². The van der Waals surface area contributed by atoms with Crippen molar-refractivity contribution in [3.63, 3.8) is 0 Å². The van der Waals surface area contributed by atoms with Crippen LogP contribution < -0.4 is 10.1 Å². The van der Waals surface area contributed by atoms with Gasteiger partial charge in [0.15, 0.2) is 0 Å². The van der Waals surface area contributed by atoms with Gasteiger partial charge in [-0.15, -0.1) is 0 Å².